The molecule has 2 rings (SSSR count). The summed E-state index contributed by atoms with van der Waals surface area (Å²) in [6.45, 7) is 4.08. The number of rotatable bonds is 8. The number of benzene rings is 2. The number of carbonyl (C=O) groups excluding carboxylic acids is 1. The molecule has 0 saturated heterocycles. The predicted octanol–water partition coefficient (Wildman–Crippen LogP) is 5.20. The van der Waals surface area contributed by atoms with Crippen molar-refractivity contribution in [3.8, 4) is 5.75 Å². The second-order valence-corrected chi connectivity index (χ2v) is 7.98. The molecular formula is C19H21Cl2NO2S. The maximum Gasteiger partial charge on any atom is 0.263 e. The van der Waals surface area contributed by atoms with Crippen LogP contribution in [0.15, 0.2) is 48.5 Å². The van der Waals surface area contributed by atoms with E-state index in [1.165, 1.54) is 5.56 Å². The van der Waals surface area contributed by atoms with Gasteiger partial charge >= 0.3 is 0 Å². The molecule has 0 unspecified atom stereocenters. The molecule has 0 atom stereocenters. The Hall–Kier alpha value is -1.36. The van der Waals surface area contributed by atoms with E-state index < -0.39 is 5.60 Å². The average Bonchev–Trinajstić information content (AvgIpc) is 2.58. The van der Waals surface area contributed by atoms with Gasteiger partial charge in [0.05, 0.1) is 0 Å². The Bertz CT molecular complexity index is 688. The van der Waals surface area contributed by atoms with Crippen LogP contribution in [0.1, 0.15) is 19.4 Å². The molecule has 0 aliphatic carbocycles. The van der Waals surface area contributed by atoms with E-state index in [1.54, 1.807) is 49.9 Å². The molecule has 2 aromatic rings. The Labute approximate surface area is 163 Å². The summed E-state index contributed by atoms with van der Waals surface area (Å²) in [6.07, 6.45) is 0. The van der Waals surface area contributed by atoms with Crippen LogP contribution in [-0.4, -0.2) is 23.8 Å². The number of carbonyl (C=O) groups is 1. The summed E-state index contributed by atoms with van der Waals surface area (Å²) >= 11 is 13.5. The molecule has 0 fully saturated rings. The Morgan fingerprint density at radius 3 is 2.20 bits per heavy atom. The molecule has 134 valence electrons. The van der Waals surface area contributed by atoms with E-state index in [1.807, 2.05) is 24.3 Å². The summed E-state index contributed by atoms with van der Waals surface area (Å²) in [4.78, 5) is 12.3. The molecule has 1 N–H and O–H groups in total. The maximum atomic E-state index is 12.3. The van der Waals surface area contributed by atoms with Crippen LogP contribution >= 0.6 is 35.0 Å². The zero-order valence-corrected chi connectivity index (χ0v) is 16.5. The number of ether oxygens (including phenoxy) is 1. The van der Waals surface area contributed by atoms with Crippen LogP contribution in [0.3, 0.4) is 0 Å². The van der Waals surface area contributed by atoms with Crippen LogP contribution in [0.4, 0.5) is 0 Å². The Kier molecular flexibility index (Phi) is 7.48. The smallest absolute Gasteiger partial charge is 0.263 e. The lowest BCUT2D eigenvalue weighted by Crippen LogP contribution is -2.47. The highest BCUT2D eigenvalue weighted by atomic mass is 35.5. The van der Waals surface area contributed by atoms with Gasteiger partial charge in [0.15, 0.2) is 5.60 Å². The van der Waals surface area contributed by atoms with Crippen molar-refractivity contribution in [2.75, 3.05) is 12.3 Å². The molecule has 2 aromatic carbocycles. The molecule has 0 spiro atoms. The van der Waals surface area contributed by atoms with Crippen molar-refractivity contribution < 1.29 is 9.53 Å². The summed E-state index contributed by atoms with van der Waals surface area (Å²) in [5, 5.41) is 4.29. The molecule has 0 aliphatic heterocycles. The summed E-state index contributed by atoms with van der Waals surface area (Å²) in [7, 11) is 0. The lowest BCUT2D eigenvalue weighted by atomic mass is 10.1. The first-order valence-electron chi connectivity index (χ1n) is 7.92. The van der Waals surface area contributed by atoms with Crippen molar-refractivity contribution in [1.29, 1.82) is 0 Å². The van der Waals surface area contributed by atoms with Gasteiger partial charge in [-0.05, 0) is 55.8 Å². The first-order valence-corrected chi connectivity index (χ1v) is 9.83. The van der Waals surface area contributed by atoms with Crippen molar-refractivity contribution in [1.82, 2.24) is 5.32 Å². The highest BCUT2D eigenvalue weighted by Gasteiger charge is 2.29. The second-order valence-electron chi connectivity index (χ2n) is 6.00. The minimum atomic E-state index is -0.950. The lowest BCUT2D eigenvalue weighted by Gasteiger charge is -2.25. The average molecular weight is 398 g/mol. The molecule has 0 heterocycles. The zero-order chi connectivity index (χ0) is 18.3. The molecule has 0 saturated carbocycles. The largest absolute Gasteiger partial charge is 0.478 e. The molecular weight excluding hydrogens is 377 g/mol. The Morgan fingerprint density at radius 1 is 1.04 bits per heavy atom. The number of hydrogen-bond acceptors (Lipinski definition) is 3. The van der Waals surface area contributed by atoms with Gasteiger partial charge in [-0.3, -0.25) is 4.79 Å². The third-order valence-corrected chi connectivity index (χ3v) is 4.98. The Balaban J connectivity index is 1.71. The fraction of sp³-hybridized carbons (Fsp3) is 0.316. The topological polar surface area (TPSA) is 38.3 Å². The van der Waals surface area contributed by atoms with Gasteiger partial charge in [0, 0.05) is 28.1 Å². The van der Waals surface area contributed by atoms with Gasteiger partial charge < -0.3 is 10.1 Å². The molecule has 0 aromatic heterocycles. The van der Waals surface area contributed by atoms with E-state index in [0.717, 1.165) is 16.5 Å². The molecule has 1 amide bonds. The third kappa shape index (κ3) is 6.81. The van der Waals surface area contributed by atoms with Crippen molar-refractivity contribution in [3.05, 3.63) is 64.1 Å². The number of amides is 1. The molecule has 6 heteroatoms. The fourth-order valence-electron chi connectivity index (χ4n) is 2.06. The van der Waals surface area contributed by atoms with E-state index in [0.29, 0.717) is 17.3 Å². The van der Waals surface area contributed by atoms with Gasteiger partial charge in [-0.1, -0.05) is 35.3 Å². The number of hydrogen-bond donors (Lipinski definition) is 1. The first kappa shape index (κ1) is 20.0. The van der Waals surface area contributed by atoms with Gasteiger partial charge in [-0.2, -0.15) is 11.8 Å². The zero-order valence-electron chi connectivity index (χ0n) is 14.2. The summed E-state index contributed by atoms with van der Waals surface area (Å²) in [5.74, 6) is 2.18. The van der Waals surface area contributed by atoms with Crippen LogP contribution in [0.2, 0.25) is 10.0 Å². The van der Waals surface area contributed by atoms with Gasteiger partial charge in [0.2, 0.25) is 0 Å². The lowest BCUT2D eigenvalue weighted by molar-refractivity contribution is -0.134. The summed E-state index contributed by atoms with van der Waals surface area (Å²) in [6, 6.07) is 14.8. The van der Waals surface area contributed by atoms with E-state index in [9.17, 15) is 4.79 Å². The molecule has 0 bridgehead atoms. The maximum absolute atomic E-state index is 12.3. The van der Waals surface area contributed by atoms with Crippen molar-refractivity contribution in [2.24, 2.45) is 0 Å². The SMILES string of the molecule is CC(C)(Oc1ccc(Cl)cc1)C(=O)NCCSCc1ccc(Cl)cc1. The first-order chi connectivity index (χ1) is 11.9. The van der Waals surface area contributed by atoms with E-state index in [2.05, 4.69) is 5.32 Å². The van der Waals surface area contributed by atoms with Crippen molar-refractivity contribution in [3.63, 3.8) is 0 Å². The van der Waals surface area contributed by atoms with Crippen LogP contribution in [0.25, 0.3) is 0 Å². The van der Waals surface area contributed by atoms with Gasteiger partial charge in [-0.25, -0.2) is 0 Å². The molecule has 0 aliphatic rings. The minimum absolute atomic E-state index is 0.144. The standard InChI is InChI=1S/C19H21Cl2NO2S/c1-19(2,24-17-9-7-16(21)8-10-17)18(23)22-11-12-25-13-14-3-5-15(20)6-4-14/h3-10H,11-13H2,1-2H3,(H,22,23). The van der Waals surface area contributed by atoms with Crippen molar-refractivity contribution >= 4 is 40.9 Å². The normalized spacial score (nSPS) is 11.2. The van der Waals surface area contributed by atoms with Crippen LogP contribution < -0.4 is 10.1 Å². The highest BCUT2D eigenvalue weighted by Crippen LogP contribution is 2.21. The van der Waals surface area contributed by atoms with Gasteiger partial charge in [0.25, 0.3) is 5.91 Å². The van der Waals surface area contributed by atoms with Crippen LogP contribution in [0, 0.1) is 0 Å². The third-order valence-electron chi connectivity index (χ3n) is 3.45. The monoisotopic (exact) mass is 397 g/mol. The Morgan fingerprint density at radius 2 is 1.60 bits per heavy atom. The number of thioether (sulfide) groups is 1. The second kappa shape index (κ2) is 9.37. The van der Waals surface area contributed by atoms with E-state index in [-0.39, 0.29) is 5.91 Å². The summed E-state index contributed by atoms with van der Waals surface area (Å²) < 4.78 is 5.77. The van der Waals surface area contributed by atoms with E-state index >= 15 is 0 Å². The molecule has 0 radical (unpaired) electrons. The number of halogens is 2. The van der Waals surface area contributed by atoms with E-state index in [4.69, 9.17) is 27.9 Å². The van der Waals surface area contributed by atoms with Crippen molar-refractivity contribution in [2.45, 2.75) is 25.2 Å². The fourth-order valence-corrected chi connectivity index (χ4v) is 3.13. The summed E-state index contributed by atoms with van der Waals surface area (Å²) in [5.41, 5.74) is 0.265. The predicted molar refractivity (Wildman–Crippen MR) is 107 cm³/mol. The van der Waals surface area contributed by atoms with Gasteiger partial charge in [-0.15, -0.1) is 0 Å². The van der Waals surface area contributed by atoms with Gasteiger partial charge in [0.1, 0.15) is 5.75 Å². The highest BCUT2D eigenvalue weighted by molar-refractivity contribution is 7.98. The van der Waals surface area contributed by atoms with Crippen LogP contribution in [-0.2, 0) is 10.5 Å². The molecule has 3 nitrogen and oxygen atoms in total. The minimum Gasteiger partial charge on any atom is -0.478 e. The quantitative estimate of drug-likeness (QED) is 0.621. The van der Waals surface area contributed by atoms with Crippen LogP contribution in [0.5, 0.6) is 5.75 Å². The number of nitrogens with one attached hydrogen (secondary N) is 1. The molecule has 25 heavy (non-hydrogen) atoms.